The monoisotopic (exact) mass is 211 g/mol. The molecule has 1 saturated heterocycles. The number of rotatable bonds is 2. The molecule has 2 heterocycles. The predicted octanol–water partition coefficient (Wildman–Crippen LogP) is 1.53. The van der Waals surface area contributed by atoms with E-state index in [0.717, 1.165) is 23.9 Å². The van der Waals surface area contributed by atoms with Gasteiger partial charge in [-0.2, -0.15) is 0 Å². The Hall–Kier alpha value is -0.800. The van der Waals surface area contributed by atoms with Crippen molar-refractivity contribution >= 4 is 17.4 Å². The first-order valence-electron chi connectivity index (χ1n) is 4.83. The second-order valence-electron chi connectivity index (χ2n) is 3.55. The fourth-order valence-corrected chi connectivity index (χ4v) is 1.92. The molecule has 1 aliphatic rings. The highest BCUT2D eigenvalue weighted by atomic mass is 35.5. The van der Waals surface area contributed by atoms with E-state index < -0.39 is 0 Å². The topological polar surface area (TPSA) is 28.2 Å². The molecule has 3 nitrogen and oxygen atoms in total. The van der Waals surface area contributed by atoms with Gasteiger partial charge >= 0.3 is 0 Å². The van der Waals surface area contributed by atoms with Crippen LogP contribution in [0.25, 0.3) is 0 Å². The van der Waals surface area contributed by atoms with E-state index >= 15 is 0 Å². The molecule has 14 heavy (non-hydrogen) atoms. The number of aromatic nitrogens is 1. The lowest BCUT2D eigenvalue weighted by Gasteiger charge is -2.17. The first-order chi connectivity index (χ1) is 6.79. The number of hydrogen-bond acceptors (Lipinski definition) is 3. The molecule has 1 atom stereocenters. The van der Waals surface area contributed by atoms with E-state index in [1.54, 1.807) is 12.3 Å². The van der Waals surface area contributed by atoms with Crippen LogP contribution >= 0.6 is 11.6 Å². The Balaban J connectivity index is 2.09. The van der Waals surface area contributed by atoms with Crippen LogP contribution in [0.15, 0.2) is 18.3 Å². The number of nitrogens with one attached hydrogen (secondary N) is 1. The van der Waals surface area contributed by atoms with Crippen molar-refractivity contribution in [1.29, 1.82) is 0 Å². The zero-order chi connectivity index (χ0) is 9.97. The van der Waals surface area contributed by atoms with Crippen molar-refractivity contribution in [2.45, 2.75) is 12.5 Å². The average molecular weight is 212 g/mol. The fraction of sp³-hybridized carbons (Fsp3) is 0.500. The smallest absolute Gasteiger partial charge is 0.130 e. The lowest BCUT2D eigenvalue weighted by atomic mass is 10.3. The van der Waals surface area contributed by atoms with Gasteiger partial charge in [-0.05, 0) is 25.6 Å². The number of hydrogen-bond donors (Lipinski definition) is 1. The van der Waals surface area contributed by atoms with E-state index in [2.05, 4.69) is 15.2 Å². The van der Waals surface area contributed by atoms with Crippen LogP contribution in [0, 0.1) is 0 Å². The van der Waals surface area contributed by atoms with Crippen molar-refractivity contribution in [3.05, 3.63) is 23.4 Å². The Morgan fingerprint density at radius 1 is 1.64 bits per heavy atom. The van der Waals surface area contributed by atoms with Gasteiger partial charge in [0.1, 0.15) is 5.82 Å². The van der Waals surface area contributed by atoms with E-state index in [0.29, 0.717) is 6.04 Å². The minimum atomic E-state index is 0.579. The van der Waals surface area contributed by atoms with Gasteiger partial charge < -0.3 is 10.2 Å². The Labute approximate surface area is 89.1 Å². The second-order valence-corrected chi connectivity index (χ2v) is 3.99. The normalized spacial score (nSPS) is 21.6. The summed E-state index contributed by atoms with van der Waals surface area (Å²) in [5.74, 6) is 0.982. The van der Waals surface area contributed by atoms with E-state index in [9.17, 15) is 0 Å². The molecule has 0 saturated carbocycles. The molecule has 4 heteroatoms. The van der Waals surface area contributed by atoms with Crippen LogP contribution in [0.3, 0.4) is 0 Å². The summed E-state index contributed by atoms with van der Waals surface area (Å²) in [6.07, 6.45) is 2.93. The highest BCUT2D eigenvalue weighted by molar-refractivity contribution is 6.30. The molecule has 1 aliphatic heterocycles. The van der Waals surface area contributed by atoms with Crippen molar-refractivity contribution < 1.29 is 0 Å². The maximum Gasteiger partial charge on any atom is 0.130 e. The molecule has 0 amide bonds. The van der Waals surface area contributed by atoms with Gasteiger partial charge in [0.05, 0.1) is 0 Å². The van der Waals surface area contributed by atoms with E-state index in [4.69, 9.17) is 11.6 Å². The molecule has 0 unspecified atom stereocenters. The first kappa shape index (κ1) is 9.74. The predicted molar refractivity (Wildman–Crippen MR) is 58.9 cm³/mol. The van der Waals surface area contributed by atoms with E-state index in [1.165, 1.54) is 6.42 Å². The fourth-order valence-electron chi connectivity index (χ4n) is 1.77. The summed E-state index contributed by atoms with van der Waals surface area (Å²) in [7, 11) is 2.00. The molecule has 0 bridgehead atoms. The third-order valence-corrected chi connectivity index (χ3v) is 2.86. The Kier molecular flexibility index (Phi) is 2.89. The zero-order valence-corrected chi connectivity index (χ0v) is 8.96. The number of anilines is 1. The molecule has 0 aliphatic carbocycles. The van der Waals surface area contributed by atoms with Crippen molar-refractivity contribution in [2.75, 3.05) is 25.0 Å². The van der Waals surface area contributed by atoms with E-state index in [1.807, 2.05) is 13.1 Å². The van der Waals surface area contributed by atoms with Crippen LogP contribution in [0.2, 0.25) is 5.02 Å². The van der Waals surface area contributed by atoms with Gasteiger partial charge in [-0.15, -0.1) is 0 Å². The lowest BCUT2D eigenvalue weighted by molar-refractivity contribution is 0.616. The Morgan fingerprint density at radius 2 is 2.50 bits per heavy atom. The largest absolute Gasteiger partial charge is 0.355 e. The van der Waals surface area contributed by atoms with Gasteiger partial charge in [0, 0.05) is 30.4 Å². The van der Waals surface area contributed by atoms with Crippen LogP contribution < -0.4 is 10.2 Å². The number of halogens is 1. The molecular weight excluding hydrogens is 198 g/mol. The van der Waals surface area contributed by atoms with Gasteiger partial charge in [-0.1, -0.05) is 11.6 Å². The highest BCUT2D eigenvalue weighted by Gasteiger charge is 2.21. The summed E-state index contributed by atoms with van der Waals surface area (Å²) in [5.41, 5.74) is 0. The van der Waals surface area contributed by atoms with E-state index in [-0.39, 0.29) is 0 Å². The molecular formula is C10H14ClN3. The zero-order valence-electron chi connectivity index (χ0n) is 8.20. The molecule has 0 spiro atoms. The summed E-state index contributed by atoms with van der Waals surface area (Å²) in [4.78, 5) is 6.56. The molecule has 1 aromatic heterocycles. The van der Waals surface area contributed by atoms with Crippen LogP contribution in [0.1, 0.15) is 6.42 Å². The quantitative estimate of drug-likeness (QED) is 0.805. The molecule has 1 fully saturated rings. The van der Waals surface area contributed by atoms with Crippen LogP contribution in [0.5, 0.6) is 0 Å². The van der Waals surface area contributed by atoms with Crippen molar-refractivity contribution in [1.82, 2.24) is 10.3 Å². The first-order valence-corrected chi connectivity index (χ1v) is 5.21. The molecule has 0 radical (unpaired) electrons. The minimum absolute atomic E-state index is 0.579. The van der Waals surface area contributed by atoms with Crippen molar-refractivity contribution in [3.8, 4) is 0 Å². The number of nitrogens with zero attached hydrogens (tertiary/aromatic N) is 2. The maximum absolute atomic E-state index is 5.91. The standard InChI is InChI=1S/C10H14ClN3/c1-12-9-3-5-14(7-9)10-6-8(11)2-4-13-10/h2,4,6,9,12H,3,5,7H2,1H3/t9-/m0/s1. The summed E-state index contributed by atoms with van der Waals surface area (Å²) >= 11 is 5.91. The van der Waals surface area contributed by atoms with Gasteiger partial charge in [0.25, 0.3) is 0 Å². The maximum atomic E-state index is 5.91. The van der Waals surface area contributed by atoms with Crippen LogP contribution in [-0.2, 0) is 0 Å². The third-order valence-electron chi connectivity index (χ3n) is 2.63. The van der Waals surface area contributed by atoms with Crippen LogP contribution in [0.4, 0.5) is 5.82 Å². The van der Waals surface area contributed by atoms with Gasteiger partial charge in [-0.25, -0.2) is 4.98 Å². The summed E-state index contributed by atoms with van der Waals surface area (Å²) in [5, 5.41) is 4.03. The number of pyridine rings is 1. The highest BCUT2D eigenvalue weighted by Crippen LogP contribution is 2.20. The molecule has 2 rings (SSSR count). The minimum Gasteiger partial charge on any atom is -0.355 e. The van der Waals surface area contributed by atoms with Crippen LogP contribution in [-0.4, -0.2) is 31.2 Å². The summed E-state index contributed by atoms with van der Waals surface area (Å²) in [6, 6.07) is 4.30. The molecule has 0 aromatic carbocycles. The van der Waals surface area contributed by atoms with Crippen molar-refractivity contribution in [2.24, 2.45) is 0 Å². The Bertz CT molecular complexity index is 316. The molecule has 76 valence electrons. The summed E-state index contributed by atoms with van der Waals surface area (Å²) < 4.78 is 0. The van der Waals surface area contributed by atoms with Gasteiger partial charge in [0.2, 0.25) is 0 Å². The van der Waals surface area contributed by atoms with Gasteiger partial charge in [-0.3, -0.25) is 0 Å². The Morgan fingerprint density at radius 3 is 3.14 bits per heavy atom. The third kappa shape index (κ3) is 1.99. The second kappa shape index (κ2) is 4.15. The van der Waals surface area contributed by atoms with Gasteiger partial charge in [0.15, 0.2) is 0 Å². The molecule has 1 aromatic rings. The summed E-state index contributed by atoms with van der Waals surface area (Å²) in [6.45, 7) is 2.07. The molecule has 1 N–H and O–H groups in total. The van der Waals surface area contributed by atoms with Crippen molar-refractivity contribution in [3.63, 3.8) is 0 Å². The lowest BCUT2D eigenvalue weighted by Crippen LogP contribution is -2.29. The number of likely N-dealkylation sites (N-methyl/N-ethyl adjacent to an activating group) is 1. The SMILES string of the molecule is CN[C@H]1CCN(c2cc(Cl)ccn2)C1. The average Bonchev–Trinajstić information content (AvgIpc) is 2.66.